The quantitative estimate of drug-likeness (QED) is 0.805. The van der Waals surface area contributed by atoms with Gasteiger partial charge in [0.1, 0.15) is 0 Å². The lowest BCUT2D eigenvalue weighted by molar-refractivity contribution is -0.143. The summed E-state index contributed by atoms with van der Waals surface area (Å²) < 4.78 is 0. The third-order valence-electron chi connectivity index (χ3n) is 4.40. The molecule has 1 aliphatic heterocycles. The number of carboxylic acid groups (broad SMARTS) is 1. The number of hydrogen-bond acceptors (Lipinski definition) is 2. The minimum Gasteiger partial charge on any atom is -0.481 e. The molecule has 5 heteroatoms. The molecule has 108 valence electrons. The van der Waals surface area contributed by atoms with E-state index >= 15 is 0 Å². The van der Waals surface area contributed by atoms with Gasteiger partial charge < -0.3 is 15.3 Å². The second-order valence-corrected chi connectivity index (χ2v) is 6.19. The fourth-order valence-corrected chi connectivity index (χ4v) is 3.39. The number of nitrogens with one attached hydrogen (secondary N) is 1. The zero-order chi connectivity index (χ0) is 14.0. The minimum atomic E-state index is -0.734. The van der Waals surface area contributed by atoms with Gasteiger partial charge in [0.05, 0.1) is 5.92 Å². The molecule has 5 nitrogen and oxygen atoms in total. The van der Waals surface area contributed by atoms with Gasteiger partial charge in [-0.25, -0.2) is 4.79 Å². The molecule has 1 aliphatic carbocycles. The summed E-state index contributed by atoms with van der Waals surface area (Å²) >= 11 is 0. The van der Waals surface area contributed by atoms with Crippen LogP contribution in [0.5, 0.6) is 0 Å². The molecule has 0 aromatic heterocycles. The maximum absolute atomic E-state index is 12.2. The van der Waals surface area contributed by atoms with Gasteiger partial charge in [-0.15, -0.1) is 0 Å². The van der Waals surface area contributed by atoms with Crippen molar-refractivity contribution in [2.24, 2.45) is 11.8 Å². The first kappa shape index (κ1) is 14.2. The summed E-state index contributed by atoms with van der Waals surface area (Å²) in [5.74, 6) is -0.477. The molecule has 0 aromatic carbocycles. The number of rotatable bonds is 2. The van der Waals surface area contributed by atoms with E-state index in [1.165, 1.54) is 0 Å². The van der Waals surface area contributed by atoms with Crippen molar-refractivity contribution in [2.75, 3.05) is 6.54 Å². The van der Waals surface area contributed by atoms with Crippen molar-refractivity contribution in [3.8, 4) is 0 Å². The molecule has 2 amide bonds. The Bertz CT molecular complexity index is 359. The van der Waals surface area contributed by atoms with Crippen molar-refractivity contribution in [2.45, 2.75) is 58.0 Å². The van der Waals surface area contributed by atoms with Crippen LogP contribution >= 0.6 is 0 Å². The van der Waals surface area contributed by atoms with Gasteiger partial charge in [-0.05, 0) is 38.5 Å². The first-order valence-corrected chi connectivity index (χ1v) is 7.27. The third kappa shape index (κ3) is 3.39. The molecular formula is C14H24N2O3. The fraction of sp³-hybridized carbons (Fsp3) is 0.857. The van der Waals surface area contributed by atoms with Crippen LogP contribution in [0, 0.1) is 11.8 Å². The van der Waals surface area contributed by atoms with E-state index in [1.807, 2.05) is 4.90 Å². The Morgan fingerprint density at radius 1 is 1.21 bits per heavy atom. The molecule has 0 bridgehead atoms. The summed E-state index contributed by atoms with van der Waals surface area (Å²) in [6.45, 7) is 5.04. The molecule has 0 radical (unpaired) electrons. The number of hydrogen-bond donors (Lipinski definition) is 2. The predicted octanol–water partition coefficient (Wildman–Crippen LogP) is 2.07. The molecule has 1 saturated heterocycles. The molecule has 0 spiro atoms. The van der Waals surface area contributed by atoms with Crippen LogP contribution in [-0.2, 0) is 4.79 Å². The number of carboxylic acids is 1. The topological polar surface area (TPSA) is 69.6 Å². The molecule has 4 atom stereocenters. The third-order valence-corrected chi connectivity index (χ3v) is 4.40. The minimum absolute atomic E-state index is 0.0189. The van der Waals surface area contributed by atoms with E-state index in [-0.39, 0.29) is 24.0 Å². The van der Waals surface area contributed by atoms with E-state index in [0.717, 1.165) is 32.2 Å². The highest BCUT2D eigenvalue weighted by atomic mass is 16.4. The van der Waals surface area contributed by atoms with Gasteiger partial charge in [-0.1, -0.05) is 13.3 Å². The number of carbonyl (C=O) groups excluding carboxylic acids is 1. The Morgan fingerprint density at radius 3 is 2.53 bits per heavy atom. The van der Waals surface area contributed by atoms with Crippen LogP contribution in [0.25, 0.3) is 0 Å². The molecule has 2 N–H and O–H groups in total. The van der Waals surface area contributed by atoms with Gasteiger partial charge >= 0.3 is 12.0 Å². The highest BCUT2D eigenvalue weighted by Gasteiger charge is 2.33. The van der Waals surface area contributed by atoms with Crippen LogP contribution in [0.4, 0.5) is 4.79 Å². The molecular weight excluding hydrogens is 244 g/mol. The van der Waals surface area contributed by atoms with Crippen LogP contribution < -0.4 is 5.32 Å². The van der Waals surface area contributed by atoms with Crippen LogP contribution in [-0.4, -0.2) is 40.6 Å². The van der Waals surface area contributed by atoms with Gasteiger partial charge in [0.15, 0.2) is 0 Å². The van der Waals surface area contributed by atoms with Crippen LogP contribution in [0.1, 0.15) is 46.0 Å². The highest BCUT2D eigenvalue weighted by molar-refractivity contribution is 5.75. The van der Waals surface area contributed by atoms with Crippen molar-refractivity contribution in [3.05, 3.63) is 0 Å². The monoisotopic (exact) mass is 268 g/mol. The molecule has 0 aromatic rings. The van der Waals surface area contributed by atoms with E-state index < -0.39 is 5.97 Å². The molecule has 2 rings (SSSR count). The lowest BCUT2D eigenvalue weighted by Gasteiger charge is -2.30. The van der Waals surface area contributed by atoms with E-state index in [1.54, 1.807) is 0 Å². The van der Waals surface area contributed by atoms with Gasteiger partial charge in [0.2, 0.25) is 0 Å². The number of amides is 2. The summed E-state index contributed by atoms with van der Waals surface area (Å²) in [7, 11) is 0. The van der Waals surface area contributed by atoms with E-state index in [9.17, 15) is 9.59 Å². The summed E-state index contributed by atoms with van der Waals surface area (Å²) in [6.07, 6.45) is 4.13. The fourth-order valence-electron chi connectivity index (χ4n) is 3.39. The van der Waals surface area contributed by atoms with Crippen molar-refractivity contribution >= 4 is 12.0 Å². The molecule has 2 fully saturated rings. The lowest BCUT2D eigenvalue weighted by Crippen LogP contribution is -2.48. The number of urea groups is 1. The smallest absolute Gasteiger partial charge is 0.317 e. The average molecular weight is 268 g/mol. The van der Waals surface area contributed by atoms with Gasteiger partial charge in [-0.3, -0.25) is 4.79 Å². The SMILES string of the molecule is CC1CC(C)N(C(=O)NC2CCCC(C(=O)O)C2)C1. The van der Waals surface area contributed by atoms with E-state index in [2.05, 4.69) is 19.2 Å². The molecule has 2 aliphatic rings. The Balaban J connectivity index is 1.86. The van der Waals surface area contributed by atoms with Gasteiger partial charge in [0, 0.05) is 18.6 Å². The first-order chi connectivity index (χ1) is 8.97. The number of carbonyl (C=O) groups is 2. The van der Waals surface area contributed by atoms with Crippen LogP contribution in [0.2, 0.25) is 0 Å². The molecule has 4 unspecified atom stereocenters. The molecule has 1 heterocycles. The Kier molecular flexibility index (Phi) is 4.32. The second kappa shape index (κ2) is 5.80. The van der Waals surface area contributed by atoms with E-state index in [4.69, 9.17) is 5.11 Å². The Morgan fingerprint density at radius 2 is 1.95 bits per heavy atom. The number of nitrogens with zero attached hydrogens (tertiary/aromatic N) is 1. The second-order valence-electron chi connectivity index (χ2n) is 6.19. The highest BCUT2D eigenvalue weighted by Crippen LogP contribution is 2.26. The lowest BCUT2D eigenvalue weighted by atomic mass is 9.86. The van der Waals surface area contributed by atoms with E-state index in [0.29, 0.717) is 12.3 Å². The van der Waals surface area contributed by atoms with Gasteiger partial charge in [0.25, 0.3) is 0 Å². The zero-order valence-corrected chi connectivity index (χ0v) is 11.8. The number of likely N-dealkylation sites (tertiary alicyclic amines) is 1. The first-order valence-electron chi connectivity index (χ1n) is 7.27. The summed E-state index contributed by atoms with van der Waals surface area (Å²) in [6, 6.07) is 0.284. The zero-order valence-electron chi connectivity index (χ0n) is 11.8. The van der Waals surface area contributed by atoms with Crippen molar-refractivity contribution in [3.63, 3.8) is 0 Å². The Labute approximate surface area is 114 Å². The van der Waals surface area contributed by atoms with Crippen molar-refractivity contribution < 1.29 is 14.7 Å². The largest absolute Gasteiger partial charge is 0.481 e. The van der Waals surface area contributed by atoms with Crippen LogP contribution in [0.15, 0.2) is 0 Å². The van der Waals surface area contributed by atoms with Crippen LogP contribution in [0.3, 0.4) is 0 Å². The Hall–Kier alpha value is -1.26. The average Bonchev–Trinajstić information content (AvgIpc) is 2.69. The summed E-state index contributed by atoms with van der Waals surface area (Å²) in [5.41, 5.74) is 0. The van der Waals surface area contributed by atoms with Gasteiger partial charge in [-0.2, -0.15) is 0 Å². The maximum atomic E-state index is 12.2. The van der Waals surface area contributed by atoms with Crippen molar-refractivity contribution in [1.82, 2.24) is 10.2 Å². The normalized spacial score (nSPS) is 35.2. The summed E-state index contributed by atoms with van der Waals surface area (Å²) in [5, 5.41) is 12.1. The molecule has 19 heavy (non-hydrogen) atoms. The van der Waals surface area contributed by atoms with Crippen molar-refractivity contribution in [1.29, 1.82) is 0 Å². The summed E-state index contributed by atoms with van der Waals surface area (Å²) in [4.78, 5) is 25.1. The molecule has 1 saturated carbocycles. The number of aliphatic carboxylic acids is 1. The maximum Gasteiger partial charge on any atom is 0.317 e. The standard InChI is InChI=1S/C14H24N2O3/c1-9-6-10(2)16(8-9)14(19)15-12-5-3-4-11(7-12)13(17)18/h9-12H,3-8H2,1-2H3,(H,15,19)(H,17,18). The predicted molar refractivity (Wildman–Crippen MR) is 71.9 cm³/mol.